The number of ether oxygens (including phenoxy) is 2. The second kappa shape index (κ2) is 12.1. The van der Waals surface area contributed by atoms with Crippen LogP contribution >= 0.6 is 0 Å². The van der Waals surface area contributed by atoms with Crippen LogP contribution in [0, 0.1) is 6.92 Å². The molecule has 4 aromatic rings. The first-order valence-corrected chi connectivity index (χ1v) is 13.2. The van der Waals surface area contributed by atoms with Gasteiger partial charge in [-0.1, -0.05) is 26.8 Å². The fraction of sp³-hybridized carbons (Fsp3) is 0.219. The van der Waals surface area contributed by atoms with Gasteiger partial charge in [-0.05, 0) is 72.5 Å². The van der Waals surface area contributed by atoms with E-state index in [9.17, 15) is 14.4 Å². The van der Waals surface area contributed by atoms with Crippen molar-refractivity contribution in [2.45, 2.75) is 39.7 Å². The van der Waals surface area contributed by atoms with Crippen LogP contribution in [-0.4, -0.2) is 34.8 Å². The number of nitrogens with two attached hydrogens (primary N) is 2. The summed E-state index contributed by atoms with van der Waals surface area (Å²) in [7, 11) is 1.40. The summed E-state index contributed by atoms with van der Waals surface area (Å²) in [6.07, 6.45) is 3.01. The standard InChI is InChI=1S/C32H33N5O5/c1-19-25(14-20(17-36-19)29(33)38)31(40)37(23-9-11-24(12-10-23)42-18-22-8-6-7-13-35-22)27-16-21(32(2,3)4)15-26(30(34)39)28(27)41-5/h6-17H,18H2,1-5H3,(H2,33,38)(H2,34,39). The Kier molecular flexibility index (Phi) is 8.56. The van der Waals surface area contributed by atoms with Crippen LogP contribution in [0.2, 0.25) is 0 Å². The van der Waals surface area contributed by atoms with E-state index in [1.165, 1.54) is 24.3 Å². The van der Waals surface area contributed by atoms with Crippen LogP contribution in [0.1, 0.15) is 68.8 Å². The molecule has 0 saturated heterocycles. The van der Waals surface area contributed by atoms with Crippen molar-refractivity contribution in [2.75, 3.05) is 12.0 Å². The van der Waals surface area contributed by atoms with E-state index >= 15 is 0 Å². The van der Waals surface area contributed by atoms with Gasteiger partial charge in [0, 0.05) is 18.1 Å². The van der Waals surface area contributed by atoms with Gasteiger partial charge in [0.05, 0.1) is 40.9 Å². The minimum Gasteiger partial charge on any atom is -0.494 e. The molecular formula is C32H33N5O5. The Bertz CT molecular complexity index is 1630. The number of pyridine rings is 2. The van der Waals surface area contributed by atoms with Crippen molar-refractivity contribution in [3.63, 3.8) is 0 Å². The minimum absolute atomic E-state index is 0.0791. The van der Waals surface area contributed by atoms with Crippen molar-refractivity contribution in [3.8, 4) is 11.5 Å². The molecule has 0 fully saturated rings. The molecule has 42 heavy (non-hydrogen) atoms. The average molecular weight is 568 g/mol. The molecule has 0 aliphatic rings. The van der Waals surface area contributed by atoms with E-state index in [-0.39, 0.29) is 34.7 Å². The molecule has 216 valence electrons. The van der Waals surface area contributed by atoms with Crippen LogP contribution in [-0.2, 0) is 12.0 Å². The zero-order chi connectivity index (χ0) is 30.6. The predicted octanol–water partition coefficient (Wildman–Crippen LogP) is 4.85. The summed E-state index contributed by atoms with van der Waals surface area (Å²) < 4.78 is 11.6. The third-order valence-corrected chi connectivity index (χ3v) is 6.66. The van der Waals surface area contributed by atoms with Gasteiger partial charge in [-0.3, -0.25) is 29.3 Å². The maximum absolute atomic E-state index is 14.4. The number of benzene rings is 2. The third kappa shape index (κ3) is 6.38. The molecule has 3 amide bonds. The average Bonchev–Trinajstić information content (AvgIpc) is 2.96. The molecule has 0 bridgehead atoms. The molecule has 4 rings (SSSR count). The summed E-state index contributed by atoms with van der Waals surface area (Å²) in [6.45, 7) is 7.86. The second-order valence-corrected chi connectivity index (χ2v) is 10.7. The van der Waals surface area contributed by atoms with Crippen molar-refractivity contribution < 1.29 is 23.9 Å². The summed E-state index contributed by atoms with van der Waals surface area (Å²) in [6, 6.07) is 17.3. The number of aryl methyl sites for hydroxylation is 1. The number of primary amides is 2. The first-order chi connectivity index (χ1) is 19.9. The molecule has 0 saturated carbocycles. The molecule has 0 spiro atoms. The molecule has 4 N–H and O–H groups in total. The van der Waals surface area contributed by atoms with Crippen LogP contribution in [0.15, 0.2) is 73.1 Å². The Morgan fingerprint density at radius 1 is 0.905 bits per heavy atom. The number of carbonyl (C=O) groups is 3. The fourth-order valence-corrected chi connectivity index (χ4v) is 4.31. The minimum atomic E-state index is -0.721. The number of carbonyl (C=O) groups excluding carboxylic acids is 3. The number of amides is 3. The Morgan fingerprint density at radius 2 is 1.62 bits per heavy atom. The van der Waals surface area contributed by atoms with E-state index in [0.717, 1.165) is 11.3 Å². The molecule has 0 atom stereocenters. The molecular weight excluding hydrogens is 534 g/mol. The second-order valence-electron chi connectivity index (χ2n) is 10.7. The zero-order valence-corrected chi connectivity index (χ0v) is 24.2. The fourth-order valence-electron chi connectivity index (χ4n) is 4.31. The van der Waals surface area contributed by atoms with E-state index in [4.69, 9.17) is 20.9 Å². The third-order valence-electron chi connectivity index (χ3n) is 6.66. The van der Waals surface area contributed by atoms with E-state index in [1.54, 1.807) is 49.5 Å². The normalized spacial score (nSPS) is 11.1. The van der Waals surface area contributed by atoms with Gasteiger partial charge in [0.2, 0.25) is 5.91 Å². The lowest BCUT2D eigenvalue weighted by Crippen LogP contribution is -2.29. The largest absolute Gasteiger partial charge is 0.494 e. The van der Waals surface area contributed by atoms with Crippen molar-refractivity contribution in [2.24, 2.45) is 11.5 Å². The topological polar surface area (TPSA) is 151 Å². The number of rotatable bonds is 9. The van der Waals surface area contributed by atoms with E-state index in [2.05, 4.69) is 9.97 Å². The van der Waals surface area contributed by atoms with Crippen LogP contribution in [0.4, 0.5) is 11.4 Å². The summed E-state index contributed by atoms with van der Waals surface area (Å²) >= 11 is 0. The predicted molar refractivity (Wildman–Crippen MR) is 159 cm³/mol. The van der Waals surface area contributed by atoms with Crippen LogP contribution in [0.3, 0.4) is 0 Å². The lowest BCUT2D eigenvalue weighted by Gasteiger charge is -2.29. The van der Waals surface area contributed by atoms with Crippen molar-refractivity contribution >= 4 is 29.1 Å². The van der Waals surface area contributed by atoms with Gasteiger partial charge in [0.1, 0.15) is 12.4 Å². The number of hydrogen-bond donors (Lipinski definition) is 2. The highest BCUT2D eigenvalue weighted by molar-refractivity contribution is 6.14. The van der Waals surface area contributed by atoms with E-state index in [1.807, 2.05) is 39.0 Å². The molecule has 2 aromatic heterocycles. The zero-order valence-electron chi connectivity index (χ0n) is 24.2. The molecule has 2 aromatic carbocycles. The first-order valence-electron chi connectivity index (χ1n) is 13.2. The number of anilines is 2. The lowest BCUT2D eigenvalue weighted by atomic mass is 9.85. The first kappa shape index (κ1) is 29.7. The molecule has 0 radical (unpaired) electrons. The van der Waals surface area contributed by atoms with Crippen LogP contribution in [0.25, 0.3) is 0 Å². The monoisotopic (exact) mass is 567 g/mol. The molecule has 0 unspecified atom stereocenters. The number of aromatic nitrogens is 2. The maximum atomic E-state index is 14.4. The summed E-state index contributed by atoms with van der Waals surface area (Å²) in [5.74, 6) is -1.28. The Labute approximate surface area is 244 Å². The van der Waals surface area contributed by atoms with Crippen LogP contribution < -0.4 is 25.8 Å². The Balaban J connectivity index is 1.89. The van der Waals surface area contributed by atoms with Gasteiger partial charge in [0.15, 0.2) is 5.75 Å². The van der Waals surface area contributed by atoms with E-state index < -0.39 is 23.1 Å². The number of nitrogens with zero attached hydrogens (tertiary/aromatic N) is 3. The molecule has 2 heterocycles. The highest BCUT2D eigenvalue weighted by atomic mass is 16.5. The maximum Gasteiger partial charge on any atom is 0.264 e. The van der Waals surface area contributed by atoms with Crippen molar-refractivity contribution in [1.29, 1.82) is 0 Å². The van der Waals surface area contributed by atoms with E-state index in [0.29, 0.717) is 17.1 Å². The van der Waals surface area contributed by atoms with Gasteiger partial charge in [0.25, 0.3) is 11.8 Å². The Morgan fingerprint density at radius 3 is 2.19 bits per heavy atom. The number of hydrogen-bond acceptors (Lipinski definition) is 7. The molecule has 0 aliphatic heterocycles. The van der Waals surface area contributed by atoms with Gasteiger partial charge in [-0.15, -0.1) is 0 Å². The van der Waals surface area contributed by atoms with Crippen molar-refractivity contribution in [3.05, 3.63) is 107 Å². The molecule has 10 heteroatoms. The van der Waals surface area contributed by atoms with Crippen LogP contribution in [0.5, 0.6) is 11.5 Å². The lowest BCUT2D eigenvalue weighted by molar-refractivity contribution is 0.0983. The highest BCUT2D eigenvalue weighted by Gasteiger charge is 2.30. The smallest absolute Gasteiger partial charge is 0.264 e. The van der Waals surface area contributed by atoms with Gasteiger partial charge in [-0.25, -0.2) is 0 Å². The van der Waals surface area contributed by atoms with Crippen molar-refractivity contribution in [1.82, 2.24) is 9.97 Å². The quantitative estimate of drug-likeness (QED) is 0.293. The summed E-state index contributed by atoms with van der Waals surface area (Å²) in [5.41, 5.74) is 13.8. The highest BCUT2D eigenvalue weighted by Crippen LogP contribution is 2.41. The molecule has 0 aliphatic carbocycles. The van der Waals surface area contributed by atoms with Gasteiger partial charge in [-0.2, -0.15) is 0 Å². The SMILES string of the molecule is COc1c(C(N)=O)cc(C(C)(C)C)cc1N(C(=O)c1cc(C(N)=O)cnc1C)c1ccc(OCc2ccccn2)cc1. The molecule has 10 nitrogen and oxygen atoms in total. The van der Waals surface area contributed by atoms with Gasteiger partial charge < -0.3 is 20.9 Å². The van der Waals surface area contributed by atoms with Gasteiger partial charge >= 0.3 is 0 Å². The summed E-state index contributed by atoms with van der Waals surface area (Å²) in [4.78, 5) is 48.8. The Hall–Kier alpha value is -5.25. The number of methoxy groups -OCH3 is 1. The summed E-state index contributed by atoms with van der Waals surface area (Å²) in [5, 5.41) is 0.